The summed E-state index contributed by atoms with van der Waals surface area (Å²) in [7, 11) is 1.06. The van der Waals surface area contributed by atoms with Gasteiger partial charge in [0.25, 0.3) is 0 Å². The Morgan fingerprint density at radius 3 is 0.786 bits per heavy atom. The van der Waals surface area contributed by atoms with Gasteiger partial charge in [-0.05, 0) is 0 Å². The van der Waals surface area contributed by atoms with E-state index in [0.717, 1.165) is 7.11 Å². The van der Waals surface area contributed by atoms with Crippen LogP contribution in [-0.2, 0) is 66.3 Å². The largest absolute Gasteiger partial charge is 0.506 e. The van der Waals surface area contributed by atoms with E-state index in [4.69, 9.17) is 66.3 Å². The first-order valence-corrected chi connectivity index (χ1v) is 22.1. The maximum atomic E-state index is 12.0. The van der Waals surface area contributed by atoms with Gasteiger partial charge >= 0.3 is 6.16 Å². The van der Waals surface area contributed by atoms with E-state index in [1.807, 2.05) is 0 Å². The van der Waals surface area contributed by atoms with Crippen molar-refractivity contribution in [1.82, 2.24) is 0 Å². The summed E-state index contributed by atoms with van der Waals surface area (Å²) in [6.45, 7) is -6.12. The van der Waals surface area contributed by atoms with Gasteiger partial charge in [0.05, 0.1) is 39.6 Å². The Balaban J connectivity index is 1.23. The molecule has 0 unspecified atom stereocenters. The van der Waals surface area contributed by atoms with E-state index in [0.29, 0.717) is 0 Å². The molecular formula is C38H62O32. The van der Waals surface area contributed by atoms with Crippen molar-refractivity contribution in [2.45, 2.75) is 184 Å². The summed E-state index contributed by atoms with van der Waals surface area (Å²) >= 11 is 0. The Bertz CT molecular complexity index is 1650. The monoisotopic (exact) mass is 1030 g/mol. The molecule has 0 radical (unpaired) electrons. The van der Waals surface area contributed by atoms with Crippen LogP contribution in [0.5, 0.6) is 0 Å². The lowest BCUT2D eigenvalue weighted by Crippen LogP contribution is -2.69. The Morgan fingerprint density at radius 2 is 0.543 bits per heavy atom. The minimum Gasteiger partial charge on any atom is -0.450 e. The normalized spacial score (nSPS) is 52.8. The Kier molecular flexibility index (Phi) is 19.0. The lowest BCUT2D eigenvalue weighted by atomic mass is 9.94. The predicted molar refractivity (Wildman–Crippen MR) is 207 cm³/mol. The number of ether oxygens (including phenoxy) is 14. The minimum absolute atomic E-state index is 0.976. The van der Waals surface area contributed by atoms with Gasteiger partial charge in [0.2, 0.25) is 0 Å². The maximum absolute atomic E-state index is 12.0. The summed E-state index contributed by atoms with van der Waals surface area (Å²) < 4.78 is 79.2. The number of aliphatic hydroxyl groups excluding tert-OH is 16. The second kappa shape index (κ2) is 23.8. The minimum atomic E-state index is -2.25. The number of carboxylic acid groups (broad SMARTS) is 1. The van der Waals surface area contributed by atoms with Gasteiger partial charge in [-0.3, -0.25) is 0 Å². The van der Waals surface area contributed by atoms with Gasteiger partial charge in [0, 0.05) is 7.11 Å². The Labute approximate surface area is 394 Å². The molecule has 22 aliphatic heterocycles. The highest BCUT2D eigenvalue weighted by Gasteiger charge is 2.59. The van der Waals surface area contributed by atoms with E-state index in [-0.39, 0.29) is 0 Å². The summed E-state index contributed by atoms with van der Waals surface area (Å²) in [6, 6.07) is 0. The zero-order chi connectivity index (χ0) is 51.0. The third-order valence-electron chi connectivity index (χ3n) is 13.1. The van der Waals surface area contributed by atoms with E-state index >= 15 is 0 Å². The topological polar surface area (TPSA) is 490 Å². The summed E-state index contributed by atoms with van der Waals surface area (Å²) in [6.07, 6.45) is -60.6. The van der Waals surface area contributed by atoms with E-state index in [1.165, 1.54) is 0 Å². The van der Waals surface area contributed by atoms with Crippen LogP contribution < -0.4 is 0 Å². The third-order valence-corrected chi connectivity index (χ3v) is 13.1. The molecule has 0 spiro atoms. The number of hydrogen-bond donors (Lipinski definition) is 17. The quantitative estimate of drug-likeness (QED) is 0.100. The second-order valence-corrected chi connectivity index (χ2v) is 17.4. The maximum Gasteiger partial charge on any atom is 0.506 e. The molecule has 30 atom stereocenters. The number of methoxy groups -OCH3 is 1. The molecule has 22 aliphatic rings. The fraction of sp³-hybridized carbons (Fsp3) is 0.974. The molecule has 17 N–H and O–H groups in total. The smallest absolute Gasteiger partial charge is 0.450 e. The highest BCUT2D eigenvalue weighted by Crippen LogP contribution is 2.39. The van der Waals surface area contributed by atoms with Crippen molar-refractivity contribution in [3.63, 3.8) is 0 Å². The Morgan fingerprint density at radius 1 is 0.329 bits per heavy atom. The summed E-state index contributed by atoms with van der Waals surface area (Å²) in [5.41, 5.74) is 0. The summed E-state index contributed by atoms with van der Waals surface area (Å²) in [4.78, 5) is 12.0. The lowest BCUT2D eigenvalue weighted by Gasteiger charge is -2.51. The third kappa shape index (κ3) is 10.9. The molecule has 22 saturated heterocycles. The standard InChI is InChI=1S/C38H62O32/c1-57-30-22(53)36-62-12(6-43)28(30)68-37-23(54)31(70-38(55)56)29(13(7-44)63-37)69-35-21(52)17(48)26(10(4-41)61-35)66-33-19(50)15(46)24(8(2-39)59-33)64-32-18(49)14(45)25(9(3-40)58-32)65-34-20(51)16(47)27(67-36)11(5-42)60-34/h8-37,39-54H,2-7H2,1H3,(H,55,56)/t8-,9-,10-,11-,12-,13-,14-,15-,16-,17-,18-,19-,20-,21-,22-,23-,24-,25-,26-,27-,28+,29+,30-,31-,32-,33-,34-,35-,36-,37-/m1/s1. The zero-order valence-electron chi connectivity index (χ0n) is 36.8. The number of rotatable bonds is 8. The molecule has 22 rings (SSSR count). The van der Waals surface area contributed by atoms with Crippen molar-refractivity contribution >= 4 is 6.16 Å². The summed E-state index contributed by atoms with van der Waals surface area (Å²) in [5.74, 6) is 0. The molecule has 0 amide bonds. The molecule has 0 aromatic rings. The average Bonchev–Trinajstić information content (AvgIpc) is 3.34. The van der Waals surface area contributed by atoms with Crippen LogP contribution in [0.2, 0.25) is 0 Å². The van der Waals surface area contributed by atoms with Crippen molar-refractivity contribution in [3.05, 3.63) is 0 Å². The summed E-state index contributed by atoms with van der Waals surface area (Å²) in [5, 5.41) is 185. The van der Waals surface area contributed by atoms with E-state index in [9.17, 15) is 91.6 Å². The molecule has 32 heteroatoms. The van der Waals surface area contributed by atoms with Crippen LogP contribution in [0.4, 0.5) is 4.79 Å². The van der Waals surface area contributed by atoms with Gasteiger partial charge in [0.15, 0.2) is 43.8 Å². The molecular weight excluding hydrogens is 968 g/mol. The number of carbonyl (C=O) groups is 1. The highest BCUT2D eigenvalue weighted by atomic mass is 16.8. The first kappa shape index (κ1) is 55.9. The van der Waals surface area contributed by atoms with Crippen molar-refractivity contribution in [1.29, 1.82) is 0 Å². The van der Waals surface area contributed by atoms with Crippen molar-refractivity contribution in [2.24, 2.45) is 0 Å². The van der Waals surface area contributed by atoms with Crippen LogP contribution >= 0.6 is 0 Å². The first-order chi connectivity index (χ1) is 33.4. The van der Waals surface area contributed by atoms with Crippen molar-refractivity contribution in [2.75, 3.05) is 46.8 Å². The van der Waals surface area contributed by atoms with Gasteiger partial charge in [-0.2, -0.15) is 0 Å². The van der Waals surface area contributed by atoms with Crippen molar-refractivity contribution < 1.29 is 158 Å². The van der Waals surface area contributed by atoms with Crippen LogP contribution in [0.1, 0.15) is 0 Å². The molecule has 0 aromatic heterocycles. The SMILES string of the molecule is CO[C@@H]1[C@@H](O)[C@H]2O[C@H]3[C@H](O)[C@@H](O)[C@@H](O[C@H]4[C@H](O)[C@@H](O)[C@@H](O[C@H]5[C@H](O)[C@@H](O)[C@@H](O[C@H]6[C@H](O)[C@@H](O)[C@@H](O[C@@H]7[C@H](OC(=O)O)[C@@H](O)[C@@H](O[C@H]1[C@@H](CO)O2)O[C@@H]7CO)O[C@@H]6CO)O[C@@H]5CO)O[C@@H]4CO)O[C@@H]3CO. The van der Waals surface area contributed by atoms with Gasteiger partial charge in [-0.15, -0.1) is 0 Å². The lowest BCUT2D eigenvalue weighted by molar-refractivity contribution is -0.404. The van der Waals surface area contributed by atoms with E-state index in [2.05, 4.69) is 0 Å². The molecule has 0 aliphatic carbocycles. The fourth-order valence-corrected chi connectivity index (χ4v) is 9.42. The first-order valence-electron chi connectivity index (χ1n) is 22.1. The van der Waals surface area contributed by atoms with E-state index in [1.54, 1.807) is 0 Å². The second-order valence-electron chi connectivity index (χ2n) is 17.4. The predicted octanol–water partition coefficient (Wildman–Crippen LogP) is -11.7. The van der Waals surface area contributed by atoms with Gasteiger partial charge < -0.3 is 153 Å². The fourth-order valence-electron chi connectivity index (χ4n) is 9.42. The molecule has 0 saturated carbocycles. The average molecular weight is 1030 g/mol. The number of aliphatic hydroxyl groups is 16. The van der Waals surface area contributed by atoms with Crippen LogP contribution in [0.25, 0.3) is 0 Å². The van der Waals surface area contributed by atoms with Gasteiger partial charge in [-0.25, -0.2) is 4.79 Å². The molecule has 12 bridgehead atoms. The molecule has 70 heavy (non-hydrogen) atoms. The van der Waals surface area contributed by atoms with Crippen molar-refractivity contribution in [3.8, 4) is 0 Å². The van der Waals surface area contributed by atoms with E-state index < -0.39 is 230 Å². The Hall–Kier alpha value is -1.89. The highest BCUT2D eigenvalue weighted by molar-refractivity contribution is 5.57. The molecule has 406 valence electrons. The molecule has 0 aromatic carbocycles. The van der Waals surface area contributed by atoms with Gasteiger partial charge in [-0.1, -0.05) is 0 Å². The van der Waals surface area contributed by atoms with Crippen LogP contribution in [-0.4, -0.2) is 324 Å². The molecule has 22 heterocycles. The van der Waals surface area contributed by atoms with Crippen LogP contribution in [0.15, 0.2) is 0 Å². The van der Waals surface area contributed by atoms with Gasteiger partial charge in [0.1, 0.15) is 140 Å². The zero-order valence-corrected chi connectivity index (χ0v) is 36.8. The molecule has 22 fully saturated rings. The number of hydrogen-bond acceptors (Lipinski definition) is 31. The van der Waals surface area contributed by atoms with Crippen LogP contribution in [0.3, 0.4) is 0 Å². The van der Waals surface area contributed by atoms with Crippen LogP contribution in [0, 0.1) is 0 Å². The molecule has 32 nitrogen and oxygen atoms in total.